The van der Waals surface area contributed by atoms with Crippen molar-refractivity contribution in [3.63, 3.8) is 0 Å². The van der Waals surface area contributed by atoms with Crippen LogP contribution in [0.5, 0.6) is 0 Å². The average molecular weight is 398 g/mol. The minimum Gasteiger partial charge on any atom is -0.356 e. The SMILES string of the molecule is CC(C)c1cc(N2CC3CN(Cc4csc(C5CCCC5)n4)CC3C2)ncn1. The van der Waals surface area contributed by atoms with Gasteiger partial charge in [0.05, 0.1) is 10.7 Å². The van der Waals surface area contributed by atoms with Crippen molar-refractivity contribution in [1.29, 1.82) is 0 Å². The molecule has 3 fully saturated rings. The second-order valence-corrected chi connectivity index (χ2v) is 10.1. The number of hydrogen-bond donors (Lipinski definition) is 0. The number of fused-ring (bicyclic) bond motifs is 1. The molecule has 150 valence electrons. The fourth-order valence-electron chi connectivity index (χ4n) is 5.24. The summed E-state index contributed by atoms with van der Waals surface area (Å²) in [5.74, 6) is 3.82. The molecule has 2 unspecified atom stereocenters. The van der Waals surface area contributed by atoms with Crippen LogP contribution < -0.4 is 4.90 Å². The Morgan fingerprint density at radius 1 is 1.07 bits per heavy atom. The van der Waals surface area contributed by atoms with E-state index < -0.39 is 0 Å². The Kier molecular flexibility index (Phi) is 5.09. The van der Waals surface area contributed by atoms with Crippen molar-refractivity contribution in [3.8, 4) is 0 Å². The van der Waals surface area contributed by atoms with E-state index in [1.807, 2.05) is 11.3 Å². The third-order valence-electron chi connectivity index (χ3n) is 6.81. The van der Waals surface area contributed by atoms with E-state index >= 15 is 0 Å². The lowest BCUT2D eigenvalue weighted by molar-refractivity contribution is 0.305. The van der Waals surface area contributed by atoms with Gasteiger partial charge in [0, 0.05) is 55.8 Å². The molecule has 2 saturated heterocycles. The van der Waals surface area contributed by atoms with Gasteiger partial charge in [0.1, 0.15) is 12.1 Å². The van der Waals surface area contributed by atoms with Crippen molar-refractivity contribution in [1.82, 2.24) is 19.9 Å². The second kappa shape index (κ2) is 7.71. The van der Waals surface area contributed by atoms with E-state index in [9.17, 15) is 0 Å². The van der Waals surface area contributed by atoms with Gasteiger partial charge in [0.2, 0.25) is 0 Å². The molecule has 28 heavy (non-hydrogen) atoms. The van der Waals surface area contributed by atoms with Crippen LogP contribution in [-0.4, -0.2) is 46.0 Å². The van der Waals surface area contributed by atoms with Gasteiger partial charge in [0.15, 0.2) is 0 Å². The zero-order chi connectivity index (χ0) is 19.1. The Labute approximate surface area is 172 Å². The Morgan fingerprint density at radius 3 is 2.54 bits per heavy atom. The Hall–Kier alpha value is -1.53. The van der Waals surface area contributed by atoms with E-state index in [1.54, 1.807) is 6.33 Å². The molecule has 5 rings (SSSR count). The highest BCUT2D eigenvalue weighted by molar-refractivity contribution is 7.09. The zero-order valence-electron chi connectivity index (χ0n) is 17.0. The van der Waals surface area contributed by atoms with Crippen molar-refractivity contribution in [3.05, 3.63) is 34.2 Å². The van der Waals surface area contributed by atoms with E-state index in [0.29, 0.717) is 5.92 Å². The Morgan fingerprint density at radius 2 is 1.82 bits per heavy atom. The largest absolute Gasteiger partial charge is 0.356 e. The smallest absolute Gasteiger partial charge is 0.132 e. The number of anilines is 1. The molecule has 0 amide bonds. The van der Waals surface area contributed by atoms with Crippen LogP contribution in [0.3, 0.4) is 0 Å². The van der Waals surface area contributed by atoms with Crippen LogP contribution in [0.25, 0.3) is 0 Å². The quantitative estimate of drug-likeness (QED) is 0.753. The van der Waals surface area contributed by atoms with Crippen LogP contribution in [0.1, 0.15) is 67.8 Å². The minimum atomic E-state index is 0.451. The molecule has 0 radical (unpaired) electrons. The molecule has 2 aromatic heterocycles. The van der Waals surface area contributed by atoms with Gasteiger partial charge < -0.3 is 4.90 Å². The van der Waals surface area contributed by atoms with Gasteiger partial charge in [-0.2, -0.15) is 0 Å². The first-order valence-electron chi connectivity index (χ1n) is 10.9. The first kappa shape index (κ1) is 18.5. The Balaban J connectivity index is 1.18. The molecule has 3 aliphatic rings. The summed E-state index contributed by atoms with van der Waals surface area (Å²) in [5.41, 5.74) is 2.44. The molecule has 4 heterocycles. The van der Waals surface area contributed by atoms with Crippen molar-refractivity contribution in [2.45, 2.75) is 57.9 Å². The predicted octanol–water partition coefficient (Wildman–Crippen LogP) is 4.28. The summed E-state index contributed by atoms with van der Waals surface area (Å²) in [6.45, 7) is 10.1. The van der Waals surface area contributed by atoms with Gasteiger partial charge in [-0.1, -0.05) is 26.7 Å². The molecule has 6 heteroatoms. The molecule has 2 atom stereocenters. The zero-order valence-corrected chi connectivity index (χ0v) is 17.9. The van der Waals surface area contributed by atoms with Crippen molar-refractivity contribution in [2.75, 3.05) is 31.1 Å². The molecule has 0 spiro atoms. The average Bonchev–Trinajstić information content (AvgIpc) is 3.45. The van der Waals surface area contributed by atoms with Gasteiger partial charge in [0.25, 0.3) is 0 Å². The topological polar surface area (TPSA) is 45.2 Å². The molecular formula is C22H31N5S. The fourth-order valence-corrected chi connectivity index (χ4v) is 6.22. The normalized spacial score (nSPS) is 25.9. The van der Waals surface area contributed by atoms with E-state index in [-0.39, 0.29) is 0 Å². The van der Waals surface area contributed by atoms with E-state index in [2.05, 4.69) is 45.1 Å². The molecule has 0 N–H and O–H groups in total. The first-order chi connectivity index (χ1) is 13.7. The highest BCUT2D eigenvalue weighted by atomic mass is 32.1. The lowest BCUT2D eigenvalue weighted by Gasteiger charge is -2.22. The maximum atomic E-state index is 4.99. The van der Waals surface area contributed by atoms with Gasteiger partial charge >= 0.3 is 0 Å². The maximum Gasteiger partial charge on any atom is 0.132 e. The fraction of sp³-hybridized carbons (Fsp3) is 0.682. The maximum absolute atomic E-state index is 4.99. The number of thiazole rings is 1. The molecule has 0 aromatic carbocycles. The molecule has 2 aliphatic heterocycles. The van der Waals surface area contributed by atoms with Crippen molar-refractivity contribution in [2.24, 2.45) is 11.8 Å². The highest BCUT2D eigenvalue weighted by Gasteiger charge is 2.40. The summed E-state index contributed by atoms with van der Waals surface area (Å²) in [5, 5.41) is 3.70. The van der Waals surface area contributed by atoms with Crippen LogP contribution in [-0.2, 0) is 6.54 Å². The molecule has 1 aliphatic carbocycles. The van der Waals surface area contributed by atoms with Crippen molar-refractivity contribution < 1.29 is 0 Å². The summed E-state index contributed by atoms with van der Waals surface area (Å²) in [4.78, 5) is 19.1. The van der Waals surface area contributed by atoms with E-state index in [0.717, 1.165) is 48.9 Å². The summed E-state index contributed by atoms with van der Waals surface area (Å²) in [6.07, 6.45) is 7.19. The van der Waals surface area contributed by atoms with Crippen LogP contribution in [0.4, 0.5) is 5.82 Å². The molecule has 0 bridgehead atoms. The summed E-state index contributed by atoms with van der Waals surface area (Å²) >= 11 is 1.89. The first-order valence-corrected chi connectivity index (χ1v) is 11.8. The number of rotatable bonds is 5. The molecular weight excluding hydrogens is 366 g/mol. The predicted molar refractivity (Wildman–Crippen MR) is 114 cm³/mol. The van der Waals surface area contributed by atoms with E-state index in [4.69, 9.17) is 4.98 Å². The van der Waals surface area contributed by atoms with Crippen molar-refractivity contribution >= 4 is 17.2 Å². The summed E-state index contributed by atoms with van der Waals surface area (Å²) in [6, 6.07) is 2.18. The molecule has 5 nitrogen and oxygen atoms in total. The minimum absolute atomic E-state index is 0.451. The van der Waals surface area contributed by atoms with Gasteiger partial charge in [-0.3, -0.25) is 4.90 Å². The highest BCUT2D eigenvalue weighted by Crippen LogP contribution is 2.37. The third-order valence-corrected chi connectivity index (χ3v) is 7.87. The summed E-state index contributed by atoms with van der Waals surface area (Å²) in [7, 11) is 0. The van der Waals surface area contributed by atoms with Gasteiger partial charge in [-0.25, -0.2) is 15.0 Å². The molecule has 1 saturated carbocycles. The van der Waals surface area contributed by atoms with Crippen LogP contribution in [0, 0.1) is 11.8 Å². The summed E-state index contributed by atoms with van der Waals surface area (Å²) < 4.78 is 0. The standard InChI is InChI=1S/C22H31N5S/c1-15(2)20-7-21(24-14-23-20)27-10-17-8-26(9-18(17)11-27)12-19-13-28-22(25-19)16-5-3-4-6-16/h7,13-18H,3-6,8-12H2,1-2H3. The van der Waals surface area contributed by atoms with E-state index in [1.165, 1.54) is 49.5 Å². The second-order valence-electron chi connectivity index (χ2n) is 9.23. The van der Waals surface area contributed by atoms with Gasteiger partial charge in [-0.15, -0.1) is 11.3 Å². The van der Waals surface area contributed by atoms with Gasteiger partial charge in [-0.05, 0) is 30.6 Å². The van der Waals surface area contributed by atoms with Crippen LogP contribution >= 0.6 is 11.3 Å². The number of nitrogens with zero attached hydrogens (tertiary/aromatic N) is 5. The lowest BCUT2D eigenvalue weighted by Crippen LogP contribution is -2.29. The number of aromatic nitrogens is 3. The third kappa shape index (κ3) is 3.69. The number of likely N-dealkylation sites (tertiary alicyclic amines) is 1. The van der Waals surface area contributed by atoms with Crippen LogP contribution in [0.2, 0.25) is 0 Å². The van der Waals surface area contributed by atoms with Crippen LogP contribution in [0.15, 0.2) is 17.8 Å². The monoisotopic (exact) mass is 397 g/mol. The molecule has 2 aromatic rings. The lowest BCUT2D eigenvalue weighted by atomic mass is 10.0. The number of hydrogen-bond acceptors (Lipinski definition) is 6. The Bertz CT molecular complexity index is 799.